The normalized spacial score (nSPS) is 10.5. The van der Waals surface area contributed by atoms with Crippen molar-refractivity contribution in [2.45, 2.75) is 13.5 Å². The summed E-state index contributed by atoms with van der Waals surface area (Å²) in [6.45, 7) is 3.04. The third kappa shape index (κ3) is 3.81. The highest BCUT2D eigenvalue weighted by Crippen LogP contribution is 2.25. The van der Waals surface area contributed by atoms with Gasteiger partial charge in [-0.1, -0.05) is 0 Å². The van der Waals surface area contributed by atoms with Gasteiger partial charge in [-0.25, -0.2) is 0 Å². The number of amides is 1. The first-order valence-electron chi connectivity index (χ1n) is 7.38. The second-order valence-electron chi connectivity index (χ2n) is 4.92. The van der Waals surface area contributed by atoms with Crippen molar-refractivity contribution in [1.82, 2.24) is 5.32 Å². The molecule has 5 heteroatoms. The van der Waals surface area contributed by atoms with Crippen LogP contribution in [-0.4, -0.2) is 12.5 Å². The molecule has 3 rings (SSSR count). The lowest BCUT2D eigenvalue weighted by Gasteiger charge is -2.06. The van der Waals surface area contributed by atoms with E-state index >= 15 is 0 Å². The van der Waals surface area contributed by atoms with Gasteiger partial charge in [-0.3, -0.25) is 4.79 Å². The molecular formula is C18H17NO3S. The minimum absolute atomic E-state index is 0.0963. The average Bonchev–Trinajstić information content (AvgIpc) is 3.25. The molecule has 0 radical (unpaired) electrons. The lowest BCUT2D eigenvalue weighted by atomic mass is 10.2. The summed E-state index contributed by atoms with van der Waals surface area (Å²) in [5.41, 5.74) is 1.65. The van der Waals surface area contributed by atoms with Crippen LogP contribution in [0.25, 0.3) is 11.3 Å². The van der Waals surface area contributed by atoms with Crippen molar-refractivity contribution in [3.05, 3.63) is 64.5 Å². The van der Waals surface area contributed by atoms with Gasteiger partial charge < -0.3 is 14.5 Å². The summed E-state index contributed by atoms with van der Waals surface area (Å²) in [6, 6.07) is 13.0. The van der Waals surface area contributed by atoms with Crippen molar-refractivity contribution in [3.8, 4) is 17.1 Å². The predicted octanol–water partition coefficient (Wildman–Crippen LogP) is 4.34. The van der Waals surface area contributed by atoms with Crippen molar-refractivity contribution in [3.63, 3.8) is 0 Å². The average molecular weight is 327 g/mol. The van der Waals surface area contributed by atoms with E-state index in [4.69, 9.17) is 9.15 Å². The third-order valence-electron chi connectivity index (χ3n) is 3.31. The highest BCUT2D eigenvalue weighted by Gasteiger charge is 2.08. The van der Waals surface area contributed by atoms with Crippen molar-refractivity contribution < 1.29 is 13.9 Å². The molecule has 2 aromatic heterocycles. The monoisotopic (exact) mass is 327 g/mol. The van der Waals surface area contributed by atoms with Crippen molar-refractivity contribution in [2.75, 3.05) is 6.61 Å². The maximum Gasteiger partial charge on any atom is 0.251 e. The molecule has 0 aliphatic heterocycles. The summed E-state index contributed by atoms with van der Waals surface area (Å²) in [4.78, 5) is 13.2. The van der Waals surface area contributed by atoms with Crippen molar-refractivity contribution >= 4 is 17.2 Å². The molecule has 0 spiro atoms. The minimum atomic E-state index is -0.0963. The quantitative estimate of drug-likeness (QED) is 0.733. The SMILES string of the molecule is CCOc1ccc(C(=O)NCc2cc(-c3ccco3)cs2)cc1. The molecule has 0 saturated carbocycles. The molecule has 0 fully saturated rings. The molecule has 0 atom stereocenters. The van der Waals surface area contributed by atoms with Crippen LogP contribution in [0.1, 0.15) is 22.2 Å². The van der Waals surface area contributed by atoms with Gasteiger partial charge in [0.25, 0.3) is 5.91 Å². The van der Waals surface area contributed by atoms with Crippen LogP contribution < -0.4 is 10.1 Å². The molecule has 1 aromatic carbocycles. The molecule has 1 amide bonds. The van der Waals surface area contributed by atoms with Gasteiger partial charge in [-0.15, -0.1) is 11.3 Å². The van der Waals surface area contributed by atoms with Gasteiger partial charge in [-0.05, 0) is 49.4 Å². The number of benzene rings is 1. The smallest absolute Gasteiger partial charge is 0.251 e. The van der Waals surface area contributed by atoms with E-state index in [1.165, 1.54) is 0 Å². The number of hydrogen-bond donors (Lipinski definition) is 1. The number of furan rings is 1. The second-order valence-corrected chi connectivity index (χ2v) is 5.91. The molecule has 1 N–H and O–H groups in total. The largest absolute Gasteiger partial charge is 0.494 e. The van der Waals surface area contributed by atoms with Crippen LogP contribution in [0.4, 0.5) is 0 Å². The van der Waals surface area contributed by atoms with E-state index in [1.54, 1.807) is 41.9 Å². The topological polar surface area (TPSA) is 51.5 Å². The first-order chi connectivity index (χ1) is 11.3. The van der Waals surface area contributed by atoms with Crippen LogP contribution in [0, 0.1) is 0 Å². The third-order valence-corrected chi connectivity index (χ3v) is 4.25. The zero-order valence-corrected chi connectivity index (χ0v) is 13.6. The second kappa shape index (κ2) is 7.15. The van der Waals surface area contributed by atoms with E-state index < -0.39 is 0 Å². The lowest BCUT2D eigenvalue weighted by Crippen LogP contribution is -2.22. The van der Waals surface area contributed by atoms with E-state index in [2.05, 4.69) is 5.32 Å². The molecule has 0 aliphatic carbocycles. The zero-order chi connectivity index (χ0) is 16.1. The molecule has 118 valence electrons. The number of carbonyl (C=O) groups excluding carboxylic acids is 1. The van der Waals surface area contributed by atoms with Gasteiger partial charge in [0.05, 0.1) is 19.4 Å². The number of carbonyl (C=O) groups is 1. The molecule has 3 aromatic rings. The molecule has 4 nitrogen and oxygen atoms in total. The Kier molecular flexibility index (Phi) is 4.78. The molecule has 23 heavy (non-hydrogen) atoms. The number of nitrogens with one attached hydrogen (secondary N) is 1. The molecule has 0 saturated heterocycles. The molecule has 0 unspecified atom stereocenters. The fraction of sp³-hybridized carbons (Fsp3) is 0.167. The van der Waals surface area contributed by atoms with Crippen LogP contribution in [-0.2, 0) is 6.54 Å². The van der Waals surface area contributed by atoms with Crippen LogP contribution in [0.5, 0.6) is 5.75 Å². The number of rotatable bonds is 6. The Labute approximate surface area is 138 Å². The van der Waals surface area contributed by atoms with Crippen molar-refractivity contribution in [1.29, 1.82) is 0 Å². The highest BCUT2D eigenvalue weighted by molar-refractivity contribution is 7.10. The summed E-state index contributed by atoms with van der Waals surface area (Å²) in [6.07, 6.45) is 1.65. The fourth-order valence-corrected chi connectivity index (χ4v) is 3.00. The molecule has 2 heterocycles. The van der Waals surface area contributed by atoms with Crippen molar-refractivity contribution in [2.24, 2.45) is 0 Å². The van der Waals surface area contributed by atoms with Gasteiger partial charge in [-0.2, -0.15) is 0 Å². The standard InChI is InChI=1S/C18H17NO3S/c1-2-21-15-7-5-13(6-8-15)18(20)19-11-16-10-14(12-23-16)17-4-3-9-22-17/h3-10,12H,2,11H2,1H3,(H,19,20). The first kappa shape index (κ1) is 15.4. The molecule has 0 bridgehead atoms. The van der Waals surface area contributed by atoms with Crippen LogP contribution in [0.3, 0.4) is 0 Å². The maximum absolute atomic E-state index is 12.2. The van der Waals surface area contributed by atoms with Crippen LogP contribution in [0.15, 0.2) is 58.5 Å². The first-order valence-corrected chi connectivity index (χ1v) is 8.26. The lowest BCUT2D eigenvalue weighted by molar-refractivity contribution is 0.0951. The number of thiophene rings is 1. The van der Waals surface area contributed by atoms with Gasteiger partial charge >= 0.3 is 0 Å². The zero-order valence-electron chi connectivity index (χ0n) is 12.7. The molecule has 0 aliphatic rings. The Morgan fingerprint density at radius 1 is 1.26 bits per heavy atom. The Hall–Kier alpha value is -2.53. The van der Waals surface area contributed by atoms with E-state index in [0.29, 0.717) is 18.7 Å². The number of ether oxygens (including phenoxy) is 1. The Bertz CT molecular complexity index is 760. The Balaban J connectivity index is 1.58. The maximum atomic E-state index is 12.2. The van der Waals surface area contributed by atoms with Gasteiger partial charge in [0.1, 0.15) is 11.5 Å². The fourth-order valence-electron chi connectivity index (χ4n) is 2.18. The predicted molar refractivity (Wildman–Crippen MR) is 90.8 cm³/mol. The summed E-state index contributed by atoms with van der Waals surface area (Å²) in [5, 5.41) is 4.95. The summed E-state index contributed by atoms with van der Waals surface area (Å²) < 4.78 is 10.7. The Morgan fingerprint density at radius 3 is 2.78 bits per heavy atom. The highest BCUT2D eigenvalue weighted by atomic mass is 32.1. The van der Waals surface area contributed by atoms with Gasteiger partial charge in [0, 0.05) is 21.4 Å². The van der Waals surface area contributed by atoms with E-state index in [-0.39, 0.29) is 5.91 Å². The summed E-state index contributed by atoms with van der Waals surface area (Å²) in [7, 11) is 0. The van der Waals surface area contributed by atoms with E-state index in [9.17, 15) is 4.79 Å². The Morgan fingerprint density at radius 2 is 2.09 bits per heavy atom. The number of hydrogen-bond acceptors (Lipinski definition) is 4. The van der Waals surface area contributed by atoms with Gasteiger partial charge in [0.2, 0.25) is 0 Å². The van der Waals surface area contributed by atoms with Crippen LogP contribution in [0.2, 0.25) is 0 Å². The van der Waals surface area contributed by atoms with E-state index in [0.717, 1.165) is 22.0 Å². The van der Waals surface area contributed by atoms with Crippen LogP contribution >= 0.6 is 11.3 Å². The molecular weight excluding hydrogens is 310 g/mol. The minimum Gasteiger partial charge on any atom is -0.494 e. The summed E-state index contributed by atoms with van der Waals surface area (Å²) >= 11 is 1.60. The summed E-state index contributed by atoms with van der Waals surface area (Å²) in [5.74, 6) is 1.51. The van der Waals surface area contributed by atoms with E-state index in [1.807, 2.05) is 30.5 Å². The van der Waals surface area contributed by atoms with Gasteiger partial charge in [0.15, 0.2) is 0 Å².